The maximum atomic E-state index is 12.2. The zero-order valence-electron chi connectivity index (χ0n) is 12.0. The molecule has 0 radical (unpaired) electrons. The van der Waals surface area contributed by atoms with E-state index >= 15 is 0 Å². The third kappa shape index (κ3) is 4.14. The summed E-state index contributed by atoms with van der Waals surface area (Å²) >= 11 is 2.15. The molecule has 1 amide bonds. The van der Waals surface area contributed by atoms with Crippen LogP contribution in [0.3, 0.4) is 0 Å². The van der Waals surface area contributed by atoms with E-state index in [1.165, 1.54) is 0 Å². The van der Waals surface area contributed by atoms with Gasteiger partial charge in [-0.3, -0.25) is 4.79 Å². The number of halogens is 1. The molecule has 2 aromatic carbocycles. The van der Waals surface area contributed by atoms with E-state index < -0.39 is 0 Å². The number of rotatable bonds is 4. The minimum absolute atomic E-state index is 0.186. The molecule has 0 aliphatic rings. The van der Waals surface area contributed by atoms with E-state index in [0.29, 0.717) is 5.56 Å². The molecule has 0 aliphatic carbocycles. The molecule has 0 saturated heterocycles. The molecule has 0 unspecified atom stereocenters. The van der Waals surface area contributed by atoms with E-state index in [1.807, 2.05) is 48.5 Å². The van der Waals surface area contributed by atoms with Crippen molar-refractivity contribution in [1.82, 2.24) is 5.43 Å². The van der Waals surface area contributed by atoms with E-state index in [2.05, 4.69) is 47.0 Å². The summed E-state index contributed by atoms with van der Waals surface area (Å²) in [5, 5.41) is 4.32. The lowest BCUT2D eigenvalue weighted by Crippen LogP contribution is -2.23. The van der Waals surface area contributed by atoms with Gasteiger partial charge in [0.1, 0.15) is 0 Å². The smallest absolute Gasteiger partial charge is 0.267 e. The van der Waals surface area contributed by atoms with E-state index in [0.717, 1.165) is 14.8 Å². The first-order valence-corrected chi connectivity index (χ1v) is 7.85. The van der Waals surface area contributed by atoms with Crippen LogP contribution < -0.4 is 5.43 Å². The summed E-state index contributed by atoms with van der Waals surface area (Å²) in [5.74, 6) is 0.0385. The molecule has 3 nitrogen and oxygen atoms in total. The maximum Gasteiger partial charge on any atom is 0.272 e. The van der Waals surface area contributed by atoms with Crippen LogP contribution in [0.1, 0.15) is 29.8 Å². The zero-order valence-corrected chi connectivity index (χ0v) is 14.2. The van der Waals surface area contributed by atoms with E-state index in [9.17, 15) is 4.79 Å². The van der Waals surface area contributed by atoms with Crippen LogP contribution in [0.25, 0.3) is 0 Å². The molecule has 0 saturated carbocycles. The first kappa shape index (κ1) is 15.7. The van der Waals surface area contributed by atoms with Crippen LogP contribution in [0.5, 0.6) is 0 Å². The second-order valence-electron chi connectivity index (χ2n) is 4.94. The minimum atomic E-state index is -0.186. The molecular formula is C17H17IN2O. The Kier molecular flexibility index (Phi) is 5.50. The SMILES string of the molecule is CC(C)C(=NNC(=O)c1ccccc1I)c1ccccc1. The van der Waals surface area contributed by atoms with Crippen LogP contribution in [0, 0.1) is 9.49 Å². The van der Waals surface area contributed by atoms with Gasteiger partial charge in [-0.1, -0.05) is 56.3 Å². The fourth-order valence-corrected chi connectivity index (χ4v) is 2.58. The van der Waals surface area contributed by atoms with Crippen molar-refractivity contribution in [1.29, 1.82) is 0 Å². The number of hydrogen-bond donors (Lipinski definition) is 1. The Balaban J connectivity index is 2.22. The number of carbonyl (C=O) groups is 1. The molecule has 1 N–H and O–H groups in total. The van der Waals surface area contributed by atoms with Gasteiger partial charge in [0.15, 0.2) is 0 Å². The van der Waals surface area contributed by atoms with E-state index in [1.54, 1.807) is 6.07 Å². The van der Waals surface area contributed by atoms with Gasteiger partial charge in [0, 0.05) is 3.57 Å². The number of hydrazone groups is 1. The van der Waals surface area contributed by atoms with Crippen LogP contribution >= 0.6 is 22.6 Å². The second kappa shape index (κ2) is 7.36. The Morgan fingerprint density at radius 1 is 1.05 bits per heavy atom. The lowest BCUT2D eigenvalue weighted by atomic mass is 10.0. The van der Waals surface area contributed by atoms with Crippen molar-refractivity contribution in [3.05, 3.63) is 69.3 Å². The van der Waals surface area contributed by atoms with Crippen LogP contribution in [-0.4, -0.2) is 11.6 Å². The van der Waals surface area contributed by atoms with Gasteiger partial charge in [0.25, 0.3) is 5.91 Å². The standard InChI is InChI=1S/C17H17IN2O/c1-12(2)16(13-8-4-3-5-9-13)19-20-17(21)14-10-6-7-11-15(14)18/h3-12H,1-2H3,(H,20,21). The molecule has 0 aliphatic heterocycles. The van der Waals surface area contributed by atoms with Crippen molar-refractivity contribution in [2.24, 2.45) is 11.0 Å². The summed E-state index contributed by atoms with van der Waals surface area (Å²) in [6, 6.07) is 17.3. The van der Waals surface area contributed by atoms with Gasteiger partial charge in [0.05, 0.1) is 11.3 Å². The minimum Gasteiger partial charge on any atom is -0.267 e. The first-order valence-electron chi connectivity index (χ1n) is 6.77. The van der Waals surface area contributed by atoms with Gasteiger partial charge in [0.2, 0.25) is 0 Å². The molecule has 0 bridgehead atoms. The highest BCUT2D eigenvalue weighted by Gasteiger charge is 2.11. The van der Waals surface area contributed by atoms with Gasteiger partial charge in [-0.2, -0.15) is 5.10 Å². The highest BCUT2D eigenvalue weighted by Crippen LogP contribution is 2.12. The van der Waals surface area contributed by atoms with Crippen molar-refractivity contribution < 1.29 is 4.79 Å². The molecule has 2 aromatic rings. The Bertz CT molecular complexity index is 651. The predicted molar refractivity (Wildman–Crippen MR) is 94.4 cm³/mol. The second-order valence-corrected chi connectivity index (χ2v) is 6.10. The van der Waals surface area contributed by atoms with E-state index in [4.69, 9.17) is 0 Å². The zero-order chi connectivity index (χ0) is 15.2. The van der Waals surface area contributed by atoms with Crippen LogP contribution in [0.2, 0.25) is 0 Å². The Hall–Kier alpha value is -1.69. The molecule has 0 aromatic heterocycles. The van der Waals surface area contributed by atoms with Crippen molar-refractivity contribution in [3.8, 4) is 0 Å². The first-order chi connectivity index (χ1) is 10.1. The third-order valence-corrected chi connectivity index (χ3v) is 3.95. The van der Waals surface area contributed by atoms with E-state index in [-0.39, 0.29) is 11.8 Å². The third-order valence-electron chi connectivity index (χ3n) is 3.01. The van der Waals surface area contributed by atoms with Gasteiger partial charge < -0.3 is 0 Å². The van der Waals surface area contributed by atoms with Gasteiger partial charge in [-0.15, -0.1) is 0 Å². The quantitative estimate of drug-likeness (QED) is 0.476. The molecule has 0 fully saturated rings. The number of benzene rings is 2. The highest BCUT2D eigenvalue weighted by molar-refractivity contribution is 14.1. The number of hydrogen-bond acceptors (Lipinski definition) is 2. The Morgan fingerprint density at radius 2 is 1.67 bits per heavy atom. The summed E-state index contributed by atoms with van der Waals surface area (Å²) in [4.78, 5) is 12.2. The molecule has 0 spiro atoms. The van der Waals surface area contributed by atoms with Crippen molar-refractivity contribution in [3.63, 3.8) is 0 Å². The number of amides is 1. The topological polar surface area (TPSA) is 41.5 Å². The number of nitrogens with zero attached hydrogens (tertiary/aromatic N) is 1. The average molecular weight is 392 g/mol. The molecule has 0 atom stereocenters. The largest absolute Gasteiger partial charge is 0.272 e. The predicted octanol–water partition coefficient (Wildman–Crippen LogP) is 4.08. The summed E-state index contributed by atoms with van der Waals surface area (Å²) in [7, 11) is 0. The lowest BCUT2D eigenvalue weighted by molar-refractivity contribution is 0.0954. The number of nitrogens with one attached hydrogen (secondary N) is 1. The summed E-state index contributed by atoms with van der Waals surface area (Å²) in [6.07, 6.45) is 0. The van der Waals surface area contributed by atoms with Gasteiger partial charge >= 0.3 is 0 Å². The van der Waals surface area contributed by atoms with Crippen molar-refractivity contribution in [2.75, 3.05) is 0 Å². The summed E-state index contributed by atoms with van der Waals surface area (Å²) in [5.41, 5.74) is 5.19. The van der Waals surface area contributed by atoms with Crippen LogP contribution in [-0.2, 0) is 0 Å². The monoisotopic (exact) mass is 392 g/mol. The highest BCUT2D eigenvalue weighted by atomic mass is 127. The number of carbonyl (C=O) groups excluding carboxylic acids is 1. The maximum absolute atomic E-state index is 12.2. The Labute approximate surface area is 138 Å². The molecular weight excluding hydrogens is 375 g/mol. The van der Waals surface area contributed by atoms with Crippen molar-refractivity contribution in [2.45, 2.75) is 13.8 Å². The van der Waals surface area contributed by atoms with Crippen LogP contribution in [0.15, 0.2) is 59.7 Å². The van der Waals surface area contributed by atoms with Crippen LogP contribution in [0.4, 0.5) is 0 Å². The Morgan fingerprint density at radius 3 is 2.29 bits per heavy atom. The fraction of sp³-hybridized carbons (Fsp3) is 0.176. The van der Waals surface area contributed by atoms with Gasteiger partial charge in [-0.05, 0) is 46.2 Å². The fourth-order valence-electron chi connectivity index (χ4n) is 1.95. The molecule has 2 rings (SSSR count). The molecule has 21 heavy (non-hydrogen) atoms. The summed E-state index contributed by atoms with van der Waals surface area (Å²) in [6.45, 7) is 4.12. The lowest BCUT2D eigenvalue weighted by Gasteiger charge is -2.11. The molecule has 4 heteroatoms. The normalized spacial score (nSPS) is 11.5. The van der Waals surface area contributed by atoms with Gasteiger partial charge in [-0.25, -0.2) is 5.43 Å². The average Bonchev–Trinajstić information content (AvgIpc) is 2.48. The summed E-state index contributed by atoms with van der Waals surface area (Å²) < 4.78 is 0.911. The molecule has 108 valence electrons. The van der Waals surface area contributed by atoms with Crippen molar-refractivity contribution >= 4 is 34.2 Å². The molecule has 0 heterocycles.